The topological polar surface area (TPSA) is 66.5 Å². The first-order valence-electron chi connectivity index (χ1n) is 4.25. The van der Waals surface area contributed by atoms with Gasteiger partial charge >= 0.3 is 0 Å². The highest BCUT2D eigenvalue weighted by Gasteiger charge is 2.27. The van der Waals surface area contributed by atoms with Crippen molar-refractivity contribution in [3.63, 3.8) is 0 Å². The number of nitrogens with zero attached hydrogens (tertiary/aromatic N) is 1. The van der Waals surface area contributed by atoms with Crippen molar-refractivity contribution >= 4 is 17.7 Å². The van der Waals surface area contributed by atoms with Crippen molar-refractivity contribution in [3.05, 3.63) is 0 Å². The van der Waals surface area contributed by atoms with E-state index in [1.54, 1.807) is 0 Å². The lowest BCUT2D eigenvalue weighted by Gasteiger charge is -2.24. The lowest BCUT2D eigenvalue weighted by molar-refractivity contribution is -0.150. The number of hydrogen-bond donors (Lipinski definition) is 1. The molecule has 1 fully saturated rings. The predicted molar refractivity (Wildman–Crippen MR) is 44.6 cm³/mol. The fraction of sp³-hybridized carbons (Fsp3) is 0.625. The van der Waals surface area contributed by atoms with Crippen LogP contribution in [-0.4, -0.2) is 35.7 Å². The number of piperazine rings is 1. The Labute approximate surface area is 76.1 Å². The average molecular weight is 184 g/mol. The van der Waals surface area contributed by atoms with Crippen LogP contribution in [0.5, 0.6) is 0 Å². The molecule has 0 aromatic heterocycles. The van der Waals surface area contributed by atoms with Crippen LogP contribution >= 0.6 is 0 Å². The van der Waals surface area contributed by atoms with E-state index in [4.69, 9.17) is 0 Å². The predicted octanol–water partition coefficient (Wildman–Crippen LogP) is -0.728. The van der Waals surface area contributed by atoms with E-state index in [1.165, 1.54) is 0 Å². The monoisotopic (exact) mass is 184 g/mol. The van der Waals surface area contributed by atoms with E-state index in [1.807, 2.05) is 6.92 Å². The molecule has 0 spiro atoms. The summed E-state index contributed by atoms with van der Waals surface area (Å²) in [5.41, 5.74) is 0. The molecule has 0 radical (unpaired) electrons. The molecule has 0 saturated carbocycles. The molecular formula is C8H12N2O3. The summed E-state index contributed by atoms with van der Waals surface area (Å²) in [6.07, 6.45) is 1.00. The van der Waals surface area contributed by atoms with Gasteiger partial charge in [0.15, 0.2) is 0 Å². The Bertz CT molecular complexity index is 250. The van der Waals surface area contributed by atoms with Gasteiger partial charge in [0.05, 0.1) is 6.54 Å². The van der Waals surface area contributed by atoms with E-state index >= 15 is 0 Å². The number of nitrogens with one attached hydrogen (secondary N) is 1. The number of rotatable bonds is 2. The minimum Gasteiger partial charge on any atom is -0.345 e. The lowest BCUT2D eigenvalue weighted by Crippen LogP contribution is -2.53. The van der Waals surface area contributed by atoms with E-state index in [9.17, 15) is 14.4 Å². The zero-order valence-corrected chi connectivity index (χ0v) is 7.50. The minimum atomic E-state index is -0.321. The van der Waals surface area contributed by atoms with Crippen molar-refractivity contribution in [2.45, 2.75) is 19.8 Å². The molecule has 1 aliphatic rings. The molecule has 1 saturated heterocycles. The van der Waals surface area contributed by atoms with Crippen LogP contribution in [0.25, 0.3) is 0 Å². The third-order valence-corrected chi connectivity index (χ3v) is 1.80. The molecule has 5 nitrogen and oxygen atoms in total. The maximum Gasteiger partial charge on any atom is 0.249 e. The van der Waals surface area contributed by atoms with Crippen LogP contribution in [0, 0.1) is 0 Å². The van der Waals surface area contributed by atoms with Crippen molar-refractivity contribution in [1.82, 2.24) is 10.2 Å². The van der Waals surface area contributed by atoms with Crippen molar-refractivity contribution in [3.8, 4) is 0 Å². The third kappa shape index (κ3) is 2.27. The molecule has 0 aliphatic carbocycles. The van der Waals surface area contributed by atoms with Gasteiger partial charge in [-0.15, -0.1) is 0 Å². The molecule has 1 rings (SSSR count). The summed E-state index contributed by atoms with van der Waals surface area (Å²) < 4.78 is 0. The van der Waals surface area contributed by atoms with Gasteiger partial charge in [-0.1, -0.05) is 6.92 Å². The standard InChI is InChI=1S/C8H12N2O3/c1-2-3-7(12)10-5-6(11)9-4-8(10)13/h2-5H2,1H3,(H,9,11). The maximum absolute atomic E-state index is 11.3. The molecule has 3 amide bonds. The molecule has 1 N–H and O–H groups in total. The summed E-state index contributed by atoms with van der Waals surface area (Å²) >= 11 is 0. The molecule has 0 bridgehead atoms. The van der Waals surface area contributed by atoms with E-state index in [0.717, 1.165) is 4.90 Å². The van der Waals surface area contributed by atoms with Gasteiger partial charge in [-0.3, -0.25) is 19.3 Å². The van der Waals surface area contributed by atoms with Gasteiger partial charge in [0.25, 0.3) is 0 Å². The van der Waals surface area contributed by atoms with Crippen LogP contribution in [0.3, 0.4) is 0 Å². The molecule has 13 heavy (non-hydrogen) atoms. The van der Waals surface area contributed by atoms with Crippen molar-refractivity contribution in [1.29, 1.82) is 0 Å². The highest BCUT2D eigenvalue weighted by Crippen LogP contribution is 2.01. The zero-order chi connectivity index (χ0) is 9.84. The van der Waals surface area contributed by atoms with Gasteiger partial charge < -0.3 is 5.32 Å². The van der Waals surface area contributed by atoms with Gasteiger partial charge in [-0.2, -0.15) is 0 Å². The van der Waals surface area contributed by atoms with Crippen molar-refractivity contribution < 1.29 is 14.4 Å². The molecule has 1 heterocycles. The molecule has 0 aromatic rings. The highest BCUT2D eigenvalue weighted by molar-refractivity contribution is 6.03. The minimum absolute atomic E-state index is 0.0612. The molecule has 72 valence electrons. The van der Waals surface area contributed by atoms with Crippen LogP contribution < -0.4 is 5.32 Å². The molecule has 0 unspecified atom stereocenters. The number of carbonyl (C=O) groups is 3. The summed E-state index contributed by atoms with van der Waals surface area (Å²) in [5.74, 6) is -0.857. The zero-order valence-electron chi connectivity index (χ0n) is 7.50. The first kappa shape index (κ1) is 9.70. The number of amides is 3. The summed E-state index contributed by atoms with van der Waals surface area (Å²) in [4.78, 5) is 34.3. The van der Waals surface area contributed by atoms with Crippen LogP contribution in [0.1, 0.15) is 19.8 Å². The Morgan fingerprint density at radius 2 is 2.23 bits per heavy atom. The lowest BCUT2D eigenvalue weighted by atomic mass is 10.2. The van der Waals surface area contributed by atoms with Crippen molar-refractivity contribution in [2.24, 2.45) is 0 Å². The third-order valence-electron chi connectivity index (χ3n) is 1.80. The van der Waals surface area contributed by atoms with E-state index in [-0.39, 0.29) is 30.8 Å². The largest absolute Gasteiger partial charge is 0.345 e. The average Bonchev–Trinajstić information content (AvgIpc) is 2.09. The molecule has 5 heteroatoms. The van der Waals surface area contributed by atoms with E-state index < -0.39 is 0 Å². The van der Waals surface area contributed by atoms with E-state index in [0.29, 0.717) is 12.8 Å². The second-order valence-corrected chi connectivity index (χ2v) is 2.90. The van der Waals surface area contributed by atoms with Gasteiger partial charge in [0.2, 0.25) is 17.7 Å². The highest BCUT2D eigenvalue weighted by atomic mass is 16.2. The summed E-state index contributed by atoms with van der Waals surface area (Å²) in [6, 6.07) is 0. The van der Waals surface area contributed by atoms with Crippen molar-refractivity contribution in [2.75, 3.05) is 13.1 Å². The number of carbonyl (C=O) groups excluding carboxylic acids is 3. The summed E-state index contributed by atoms with van der Waals surface area (Å²) in [7, 11) is 0. The molecular weight excluding hydrogens is 172 g/mol. The number of imide groups is 1. The second kappa shape index (κ2) is 4.02. The van der Waals surface area contributed by atoms with Crippen LogP contribution in [0.15, 0.2) is 0 Å². The maximum atomic E-state index is 11.3. The Hall–Kier alpha value is -1.39. The smallest absolute Gasteiger partial charge is 0.249 e. The molecule has 1 aliphatic heterocycles. The SMILES string of the molecule is CCCC(=O)N1CC(=O)NCC1=O. The molecule has 0 aromatic carbocycles. The summed E-state index contributed by atoms with van der Waals surface area (Å²) in [6.45, 7) is 1.67. The van der Waals surface area contributed by atoms with Crippen LogP contribution in [0.2, 0.25) is 0 Å². The second-order valence-electron chi connectivity index (χ2n) is 2.90. The first-order valence-corrected chi connectivity index (χ1v) is 4.25. The molecule has 0 atom stereocenters. The normalized spacial score (nSPS) is 17.2. The van der Waals surface area contributed by atoms with Crippen LogP contribution in [-0.2, 0) is 14.4 Å². The fourth-order valence-electron chi connectivity index (χ4n) is 1.13. The van der Waals surface area contributed by atoms with Crippen LogP contribution in [0.4, 0.5) is 0 Å². The Balaban J connectivity index is 2.60. The fourth-order valence-corrected chi connectivity index (χ4v) is 1.13. The first-order chi connectivity index (χ1) is 6.15. The van der Waals surface area contributed by atoms with E-state index in [2.05, 4.69) is 5.32 Å². The Kier molecular flexibility index (Phi) is 3.00. The van der Waals surface area contributed by atoms with Gasteiger partial charge in [0, 0.05) is 6.42 Å². The Morgan fingerprint density at radius 3 is 2.85 bits per heavy atom. The van der Waals surface area contributed by atoms with Gasteiger partial charge in [-0.05, 0) is 6.42 Å². The summed E-state index contributed by atoms with van der Waals surface area (Å²) in [5, 5.41) is 2.38. The quantitative estimate of drug-likeness (QED) is 0.615. The number of hydrogen-bond acceptors (Lipinski definition) is 3. The van der Waals surface area contributed by atoms with Gasteiger partial charge in [0.1, 0.15) is 6.54 Å². The Morgan fingerprint density at radius 1 is 1.54 bits per heavy atom. The van der Waals surface area contributed by atoms with Gasteiger partial charge in [-0.25, -0.2) is 0 Å².